The van der Waals surface area contributed by atoms with Crippen molar-refractivity contribution in [2.24, 2.45) is 0 Å². The van der Waals surface area contributed by atoms with E-state index in [1.165, 1.54) is 15.3 Å². The summed E-state index contributed by atoms with van der Waals surface area (Å²) in [6.07, 6.45) is 0.815. The summed E-state index contributed by atoms with van der Waals surface area (Å²) < 4.78 is 0. The maximum absolute atomic E-state index is 5.78. The molecule has 0 aliphatic heterocycles. The second-order valence-corrected chi connectivity index (χ2v) is 5.67. The predicted octanol–water partition coefficient (Wildman–Crippen LogP) is 2.20. The first-order valence-electron chi connectivity index (χ1n) is 5.65. The van der Waals surface area contributed by atoms with Crippen LogP contribution < -0.4 is 5.73 Å². The van der Waals surface area contributed by atoms with Gasteiger partial charge in [-0.05, 0) is 37.1 Å². The highest BCUT2D eigenvalue weighted by Crippen LogP contribution is 2.25. The van der Waals surface area contributed by atoms with Crippen LogP contribution in [0.5, 0.6) is 0 Å². The van der Waals surface area contributed by atoms with Crippen molar-refractivity contribution in [2.75, 3.05) is 5.73 Å². The summed E-state index contributed by atoms with van der Waals surface area (Å²) >= 11 is 1.81. The maximum atomic E-state index is 5.78. The molecule has 0 aliphatic rings. The number of nitrogens with one attached hydrogen (secondary N) is 1. The Balaban J connectivity index is 2.06. The van der Waals surface area contributed by atoms with E-state index in [1.807, 2.05) is 6.07 Å². The monoisotopic (exact) mass is 259 g/mol. The smallest absolute Gasteiger partial charge is 0.203 e. The van der Waals surface area contributed by atoms with Gasteiger partial charge >= 0.3 is 0 Å². The van der Waals surface area contributed by atoms with E-state index in [2.05, 4.69) is 40.3 Å². The van der Waals surface area contributed by atoms with Crippen LogP contribution in [0.25, 0.3) is 11.2 Å². The van der Waals surface area contributed by atoms with Crippen molar-refractivity contribution in [2.45, 2.75) is 20.3 Å². The number of aromatic amines is 1. The molecule has 0 saturated heterocycles. The van der Waals surface area contributed by atoms with Gasteiger partial charge < -0.3 is 5.73 Å². The van der Waals surface area contributed by atoms with Crippen molar-refractivity contribution >= 4 is 28.3 Å². The van der Waals surface area contributed by atoms with Gasteiger partial charge in [0.05, 0.1) is 0 Å². The highest BCUT2D eigenvalue weighted by atomic mass is 32.1. The van der Waals surface area contributed by atoms with Gasteiger partial charge in [-0.25, -0.2) is 4.98 Å². The second kappa shape index (κ2) is 4.06. The summed E-state index contributed by atoms with van der Waals surface area (Å²) in [6, 6.07) is 4.08. The fourth-order valence-electron chi connectivity index (χ4n) is 1.98. The Hall–Kier alpha value is -1.95. The standard InChI is InChI=1S/C12H13N5S/c1-6-3-9(18-7(6)2)4-8-5-10(13)14-12-11(8)15-17-16-12/h3,5H,4H2,1-2H3,(H3,13,14,15,16,17). The van der Waals surface area contributed by atoms with E-state index < -0.39 is 0 Å². The van der Waals surface area contributed by atoms with E-state index in [1.54, 1.807) is 11.3 Å². The average molecular weight is 259 g/mol. The van der Waals surface area contributed by atoms with Crippen LogP contribution >= 0.6 is 11.3 Å². The van der Waals surface area contributed by atoms with Gasteiger partial charge in [0.25, 0.3) is 0 Å². The lowest BCUT2D eigenvalue weighted by Crippen LogP contribution is -1.95. The Morgan fingerprint density at radius 3 is 2.83 bits per heavy atom. The number of rotatable bonds is 2. The lowest BCUT2D eigenvalue weighted by Gasteiger charge is -2.00. The molecular weight excluding hydrogens is 246 g/mol. The van der Waals surface area contributed by atoms with Crippen LogP contribution in [-0.4, -0.2) is 20.4 Å². The molecule has 5 nitrogen and oxygen atoms in total. The van der Waals surface area contributed by atoms with Gasteiger partial charge in [0.1, 0.15) is 11.3 Å². The highest BCUT2D eigenvalue weighted by Gasteiger charge is 2.10. The quantitative estimate of drug-likeness (QED) is 0.739. The van der Waals surface area contributed by atoms with Crippen molar-refractivity contribution < 1.29 is 0 Å². The molecule has 3 aromatic rings. The molecule has 0 bridgehead atoms. The summed E-state index contributed by atoms with van der Waals surface area (Å²) in [5.41, 5.74) is 9.55. The van der Waals surface area contributed by atoms with Crippen LogP contribution in [0.2, 0.25) is 0 Å². The topological polar surface area (TPSA) is 80.5 Å². The van der Waals surface area contributed by atoms with Crippen molar-refractivity contribution in [1.82, 2.24) is 20.4 Å². The minimum Gasteiger partial charge on any atom is -0.384 e. The minimum absolute atomic E-state index is 0.483. The number of hydrogen-bond acceptors (Lipinski definition) is 5. The zero-order valence-corrected chi connectivity index (χ0v) is 11.0. The molecule has 0 amide bonds. The molecule has 0 aliphatic carbocycles. The van der Waals surface area contributed by atoms with Gasteiger partial charge in [-0.2, -0.15) is 10.3 Å². The van der Waals surface area contributed by atoms with Gasteiger partial charge in [-0.3, -0.25) is 0 Å². The number of anilines is 1. The molecule has 92 valence electrons. The number of aromatic nitrogens is 4. The van der Waals surface area contributed by atoms with Gasteiger partial charge in [0.15, 0.2) is 0 Å². The summed E-state index contributed by atoms with van der Waals surface area (Å²) in [5, 5.41) is 10.7. The summed E-state index contributed by atoms with van der Waals surface area (Å²) in [5.74, 6) is 0.483. The third-order valence-electron chi connectivity index (χ3n) is 2.97. The van der Waals surface area contributed by atoms with E-state index in [-0.39, 0.29) is 0 Å². The molecule has 0 radical (unpaired) electrons. The largest absolute Gasteiger partial charge is 0.384 e. The van der Waals surface area contributed by atoms with Gasteiger partial charge in [0, 0.05) is 16.2 Å². The van der Waals surface area contributed by atoms with Crippen LogP contribution in [0.15, 0.2) is 12.1 Å². The Morgan fingerprint density at radius 1 is 1.28 bits per heavy atom. The lowest BCUT2D eigenvalue weighted by atomic mass is 10.1. The highest BCUT2D eigenvalue weighted by molar-refractivity contribution is 7.12. The molecule has 0 aromatic carbocycles. The molecular formula is C12H13N5S. The predicted molar refractivity (Wildman–Crippen MR) is 72.7 cm³/mol. The number of hydrogen-bond donors (Lipinski definition) is 2. The van der Waals surface area contributed by atoms with E-state index >= 15 is 0 Å². The summed E-state index contributed by atoms with van der Waals surface area (Å²) in [6.45, 7) is 4.26. The van der Waals surface area contributed by atoms with Crippen LogP contribution in [0.4, 0.5) is 5.82 Å². The lowest BCUT2D eigenvalue weighted by molar-refractivity contribution is 0.953. The van der Waals surface area contributed by atoms with Gasteiger partial charge in [-0.1, -0.05) is 0 Å². The molecule has 0 fully saturated rings. The zero-order chi connectivity index (χ0) is 12.7. The molecule has 3 N–H and O–H groups in total. The zero-order valence-electron chi connectivity index (χ0n) is 10.2. The fraction of sp³-hybridized carbons (Fsp3) is 0.250. The van der Waals surface area contributed by atoms with Crippen molar-refractivity contribution in [3.8, 4) is 0 Å². The van der Waals surface area contributed by atoms with Crippen molar-refractivity contribution in [3.05, 3.63) is 33.0 Å². The molecule has 0 unspecified atom stereocenters. The number of fused-ring (bicyclic) bond motifs is 1. The Labute approximate surface area is 108 Å². The first-order chi connectivity index (χ1) is 8.63. The molecule has 0 atom stereocenters. The van der Waals surface area contributed by atoms with Gasteiger partial charge in [0.2, 0.25) is 5.65 Å². The Morgan fingerprint density at radius 2 is 2.11 bits per heavy atom. The molecule has 3 heterocycles. The van der Waals surface area contributed by atoms with E-state index in [4.69, 9.17) is 5.73 Å². The van der Waals surface area contributed by atoms with Crippen LogP contribution in [0.1, 0.15) is 20.9 Å². The summed E-state index contributed by atoms with van der Waals surface area (Å²) in [7, 11) is 0. The Kier molecular flexibility index (Phi) is 2.52. The maximum Gasteiger partial charge on any atom is 0.203 e. The van der Waals surface area contributed by atoms with E-state index in [0.717, 1.165) is 17.5 Å². The molecule has 0 spiro atoms. The molecule has 18 heavy (non-hydrogen) atoms. The number of thiophene rings is 1. The average Bonchev–Trinajstić information content (AvgIpc) is 2.86. The minimum atomic E-state index is 0.483. The number of H-pyrrole nitrogens is 1. The third-order valence-corrected chi connectivity index (χ3v) is 4.13. The number of nitrogens with two attached hydrogens (primary N) is 1. The molecule has 0 saturated carbocycles. The molecule has 3 aromatic heterocycles. The van der Waals surface area contributed by atoms with Crippen LogP contribution in [0, 0.1) is 13.8 Å². The third kappa shape index (κ3) is 1.84. The Bertz CT molecular complexity index is 693. The SMILES string of the molecule is Cc1cc(Cc2cc(N)nc3n[nH]nc23)sc1C. The molecule has 6 heteroatoms. The fourth-order valence-corrected chi connectivity index (χ4v) is 3.06. The number of aryl methyl sites for hydroxylation is 2. The van der Waals surface area contributed by atoms with E-state index in [0.29, 0.717) is 11.5 Å². The number of nitrogens with zero attached hydrogens (tertiary/aromatic N) is 3. The van der Waals surface area contributed by atoms with E-state index in [9.17, 15) is 0 Å². The van der Waals surface area contributed by atoms with Crippen molar-refractivity contribution in [3.63, 3.8) is 0 Å². The summed E-state index contributed by atoms with van der Waals surface area (Å²) in [4.78, 5) is 6.79. The normalized spacial score (nSPS) is 11.2. The molecule has 3 rings (SSSR count). The van der Waals surface area contributed by atoms with Gasteiger partial charge in [-0.15, -0.1) is 16.4 Å². The first-order valence-corrected chi connectivity index (χ1v) is 6.47. The van der Waals surface area contributed by atoms with Crippen LogP contribution in [-0.2, 0) is 6.42 Å². The number of pyridine rings is 1. The first kappa shape index (κ1) is 11.2. The van der Waals surface area contributed by atoms with Crippen molar-refractivity contribution in [1.29, 1.82) is 0 Å². The van der Waals surface area contributed by atoms with Crippen LogP contribution in [0.3, 0.4) is 0 Å². The second-order valence-electron chi connectivity index (χ2n) is 4.33. The number of nitrogen functional groups attached to an aromatic ring is 1.